The van der Waals surface area contributed by atoms with Gasteiger partial charge >= 0.3 is 0 Å². The van der Waals surface area contributed by atoms with E-state index in [4.69, 9.17) is 0 Å². The molecule has 0 heterocycles. The number of benzene rings is 5. The maximum Gasteiger partial charge on any atom is 0.200 e. The third-order valence-electron chi connectivity index (χ3n) is 11.5. The quantitative estimate of drug-likeness (QED) is 0.0490. The molecule has 0 fully saturated rings. The lowest BCUT2D eigenvalue weighted by Gasteiger charge is -2.44. The first-order valence-corrected chi connectivity index (χ1v) is 20.4. The molecule has 5 rings (SSSR count). The van der Waals surface area contributed by atoms with Crippen molar-refractivity contribution in [1.29, 1.82) is 0 Å². The standard InChI is InChI=1S/C24BF20.C21H37N/c26-5-1(6(27)14(35)21(42)13(5)34)25(2-7(28)15(36)22(43)16(37)8(2)29,3-9(30)17(38)23(44)18(39)10(3)31)4-11(32)19(40)24(45)20(41)12(4)33;1-7-9-11-19-13-14-21(20(15-19)12-10-8-2)16-22(17(3)4)18(5)6/h;13-15,17-18H,7-12,16H2,1-6H3/q-1;/p+1. The van der Waals surface area contributed by atoms with Crippen LogP contribution in [-0.2, 0) is 19.4 Å². The van der Waals surface area contributed by atoms with Crippen LogP contribution in [0.5, 0.6) is 0 Å². The molecular formula is C45H38BF20N. The Bertz CT molecular complexity index is 2280. The van der Waals surface area contributed by atoms with Gasteiger partial charge in [-0.25, -0.2) is 87.8 Å². The number of rotatable bonds is 14. The fourth-order valence-electron chi connectivity index (χ4n) is 8.16. The lowest BCUT2D eigenvalue weighted by atomic mass is 9.12. The molecule has 0 spiro atoms. The van der Waals surface area contributed by atoms with Crippen molar-refractivity contribution in [3.8, 4) is 0 Å². The molecule has 1 nitrogen and oxygen atoms in total. The van der Waals surface area contributed by atoms with E-state index >= 15 is 35.1 Å². The Morgan fingerprint density at radius 1 is 0.358 bits per heavy atom. The highest BCUT2D eigenvalue weighted by atomic mass is 19.2. The Labute approximate surface area is 370 Å². The molecule has 5 aromatic rings. The van der Waals surface area contributed by atoms with E-state index in [1.165, 1.54) is 50.6 Å². The highest BCUT2D eigenvalue weighted by Gasteiger charge is 2.52. The van der Waals surface area contributed by atoms with Crippen molar-refractivity contribution in [2.24, 2.45) is 0 Å². The fourth-order valence-corrected chi connectivity index (χ4v) is 8.16. The Balaban J connectivity index is 0.000000374. The van der Waals surface area contributed by atoms with Gasteiger partial charge in [0.05, 0.1) is 12.1 Å². The smallest absolute Gasteiger partial charge is 0.200 e. The van der Waals surface area contributed by atoms with E-state index in [2.05, 4.69) is 59.7 Å². The predicted octanol–water partition coefficient (Wildman–Crippen LogP) is 10.4. The van der Waals surface area contributed by atoms with Gasteiger partial charge in [-0.2, -0.15) is 0 Å². The number of hydrogen-bond acceptors (Lipinski definition) is 0. The van der Waals surface area contributed by atoms with Gasteiger partial charge in [-0.05, 0) is 64.5 Å². The molecule has 0 saturated heterocycles. The van der Waals surface area contributed by atoms with E-state index in [-0.39, 0.29) is 0 Å². The molecule has 5 aromatic carbocycles. The average Bonchev–Trinajstić information content (AvgIpc) is 3.29. The van der Waals surface area contributed by atoms with Gasteiger partial charge in [0.25, 0.3) is 0 Å². The Morgan fingerprint density at radius 3 is 0.866 bits per heavy atom. The zero-order valence-electron chi connectivity index (χ0n) is 36.0. The summed E-state index contributed by atoms with van der Waals surface area (Å²) in [7, 11) is 0. The summed E-state index contributed by atoms with van der Waals surface area (Å²) in [6.07, 6.45) is 0.445. The number of halogens is 20. The molecule has 0 aliphatic rings. The third kappa shape index (κ3) is 9.60. The third-order valence-corrected chi connectivity index (χ3v) is 11.5. The number of nitrogens with one attached hydrogen (secondary N) is 1. The van der Waals surface area contributed by atoms with Gasteiger partial charge < -0.3 is 4.90 Å². The number of unbranched alkanes of at least 4 members (excludes halogenated alkanes) is 2. The van der Waals surface area contributed by atoms with Crippen LogP contribution in [0.2, 0.25) is 0 Å². The van der Waals surface area contributed by atoms with Crippen molar-refractivity contribution in [2.45, 2.75) is 98.7 Å². The lowest BCUT2D eigenvalue weighted by Crippen LogP contribution is -3.16. The monoisotopic (exact) mass is 983 g/mol. The van der Waals surface area contributed by atoms with E-state index in [1.807, 2.05) is 0 Å². The summed E-state index contributed by atoms with van der Waals surface area (Å²) >= 11 is 0. The van der Waals surface area contributed by atoms with Crippen LogP contribution in [0.3, 0.4) is 0 Å². The average molecular weight is 984 g/mol. The molecule has 0 saturated carbocycles. The molecule has 0 aromatic heterocycles. The van der Waals surface area contributed by atoms with Gasteiger partial charge in [0.15, 0.2) is 69.8 Å². The van der Waals surface area contributed by atoms with Crippen LogP contribution in [0.4, 0.5) is 87.8 Å². The topological polar surface area (TPSA) is 4.44 Å². The molecule has 0 bridgehead atoms. The van der Waals surface area contributed by atoms with Crippen molar-refractivity contribution in [3.63, 3.8) is 0 Å². The SMILES string of the molecule is CCCCc1ccc(C[NH+](C(C)C)C(C)C)c(CCCC)c1.Fc1c(F)c(F)c([B-](c2c(F)c(F)c(F)c(F)c2F)(c2c(F)c(F)c(F)c(F)c2F)c2c(F)c(F)c(F)c(F)c2F)c(F)c1F. The molecule has 366 valence electrons. The Morgan fingerprint density at radius 2 is 0.612 bits per heavy atom. The van der Waals surface area contributed by atoms with Crippen molar-refractivity contribution in [1.82, 2.24) is 0 Å². The van der Waals surface area contributed by atoms with Gasteiger partial charge in [0.1, 0.15) is 59.2 Å². The normalized spacial score (nSPS) is 12.0. The van der Waals surface area contributed by atoms with Crippen LogP contribution in [0, 0.1) is 116 Å². The van der Waals surface area contributed by atoms with Crippen LogP contribution in [0.25, 0.3) is 0 Å². The maximum absolute atomic E-state index is 15.4. The number of hydrogen-bond donors (Lipinski definition) is 1. The molecule has 22 heteroatoms. The first-order valence-electron chi connectivity index (χ1n) is 20.4. The number of aryl methyl sites for hydroxylation is 2. The predicted molar refractivity (Wildman–Crippen MR) is 208 cm³/mol. The van der Waals surface area contributed by atoms with Crippen LogP contribution in [0.15, 0.2) is 18.2 Å². The second-order valence-electron chi connectivity index (χ2n) is 16.2. The maximum atomic E-state index is 15.4. The number of quaternary nitrogens is 1. The summed E-state index contributed by atoms with van der Waals surface area (Å²) in [4.78, 5) is 1.69. The highest BCUT2D eigenvalue weighted by Crippen LogP contribution is 2.31. The summed E-state index contributed by atoms with van der Waals surface area (Å²) in [6.45, 7) is 15.1. The van der Waals surface area contributed by atoms with Gasteiger partial charge in [-0.3, -0.25) is 0 Å². The molecule has 0 amide bonds. The summed E-state index contributed by atoms with van der Waals surface area (Å²) in [5.74, 6) is -71.4. The van der Waals surface area contributed by atoms with E-state index in [0.29, 0.717) is 12.1 Å². The summed E-state index contributed by atoms with van der Waals surface area (Å²) < 4.78 is 294. The molecule has 0 atom stereocenters. The molecule has 0 aliphatic carbocycles. The van der Waals surface area contributed by atoms with Gasteiger partial charge in [-0.1, -0.05) is 44.9 Å². The van der Waals surface area contributed by atoms with Gasteiger partial charge in [0.2, 0.25) is 0 Å². The minimum absolute atomic E-state index is 0.679. The largest absolute Gasteiger partial charge is 0.327 e. The minimum Gasteiger partial charge on any atom is -0.327 e. The second kappa shape index (κ2) is 21.4. The fraction of sp³-hybridized carbons (Fsp3) is 0.333. The van der Waals surface area contributed by atoms with E-state index < -0.39 is 144 Å². The highest BCUT2D eigenvalue weighted by molar-refractivity contribution is 7.20. The second-order valence-corrected chi connectivity index (χ2v) is 16.2. The van der Waals surface area contributed by atoms with Crippen LogP contribution in [-0.4, -0.2) is 18.2 Å². The van der Waals surface area contributed by atoms with Crippen molar-refractivity contribution < 1.29 is 92.7 Å². The molecule has 0 unspecified atom stereocenters. The minimum atomic E-state index is -7.22. The molecule has 0 aliphatic heterocycles. The zero-order valence-corrected chi connectivity index (χ0v) is 36.0. The van der Waals surface area contributed by atoms with E-state index in [0.717, 1.165) is 0 Å². The van der Waals surface area contributed by atoms with Crippen LogP contribution in [0.1, 0.15) is 83.9 Å². The lowest BCUT2D eigenvalue weighted by molar-refractivity contribution is -0.955. The first-order chi connectivity index (χ1) is 31.2. The molecular weight excluding hydrogens is 945 g/mol. The summed E-state index contributed by atoms with van der Waals surface area (Å²) in [5.41, 5.74) is -9.61. The van der Waals surface area contributed by atoms with Crippen molar-refractivity contribution in [3.05, 3.63) is 151 Å². The molecule has 0 radical (unpaired) electrons. The Kier molecular flexibility index (Phi) is 17.3. The van der Waals surface area contributed by atoms with Crippen LogP contribution < -0.4 is 26.8 Å². The summed E-state index contributed by atoms with van der Waals surface area (Å²) in [5, 5.41) is 0. The Hall–Kier alpha value is -5.28. The molecule has 1 N–H and O–H groups in total. The first kappa shape index (κ1) is 54.3. The van der Waals surface area contributed by atoms with Crippen molar-refractivity contribution >= 4 is 28.0 Å². The van der Waals surface area contributed by atoms with Gasteiger partial charge in [0, 0.05) is 5.56 Å². The van der Waals surface area contributed by atoms with Crippen LogP contribution >= 0.6 is 0 Å². The van der Waals surface area contributed by atoms with Gasteiger partial charge in [-0.15, -0.1) is 21.9 Å². The summed E-state index contributed by atoms with van der Waals surface area (Å²) in [6, 6.07) is 8.65. The van der Waals surface area contributed by atoms with E-state index in [1.54, 1.807) is 16.0 Å². The zero-order chi connectivity index (χ0) is 50.9. The van der Waals surface area contributed by atoms with Crippen molar-refractivity contribution in [2.75, 3.05) is 0 Å². The molecule has 67 heavy (non-hydrogen) atoms. The van der Waals surface area contributed by atoms with E-state index in [9.17, 15) is 52.7 Å².